The molecular formula is C21H26N6. The topological polar surface area (TPSA) is 69.7 Å². The van der Waals surface area contributed by atoms with Gasteiger partial charge in [0.15, 0.2) is 0 Å². The van der Waals surface area contributed by atoms with Crippen LogP contribution >= 0.6 is 0 Å². The quantitative estimate of drug-likeness (QED) is 0.729. The van der Waals surface area contributed by atoms with E-state index >= 15 is 0 Å². The molecule has 1 aliphatic rings. The number of hydrogen-bond acceptors (Lipinski definition) is 5. The third-order valence-electron chi connectivity index (χ3n) is 5.14. The van der Waals surface area contributed by atoms with Crippen LogP contribution in [0.4, 0.5) is 5.82 Å². The van der Waals surface area contributed by atoms with E-state index < -0.39 is 0 Å². The highest BCUT2D eigenvalue weighted by Crippen LogP contribution is 2.26. The first-order valence-corrected chi connectivity index (χ1v) is 9.56. The molecule has 27 heavy (non-hydrogen) atoms. The number of aromatic nitrogens is 4. The minimum atomic E-state index is 0.474. The molecule has 0 amide bonds. The molecule has 3 aromatic rings. The average molecular weight is 362 g/mol. The molecule has 3 heterocycles. The number of anilines is 1. The van der Waals surface area contributed by atoms with Crippen molar-refractivity contribution in [3.63, 3.8) is 0 Å². The van der Waals surface area contributed by atoms with E-state index in [1.165, 1.54) is 12.8 Å². The van der Waals surface area contributed by atoms with Crippen molar-refractivity contribution in [1.82, 2.24) is 25.5 Å². The van der Waals surface area contributed by atoms with E-state index in [0.29, 0.717) is 5.92 Å². The van der Waals surface area contributed by atoms with Gasteiger partial charge in [-0.1, -0.05) is 30.3 Å². The number of H-pyrrole nitrogens is 1. The molecule has 6 heteroatoms. The first-order valence-electron chi connectivity index (χ1n) is 9.56. The van der Waals surface area contributed by atoms with Crippen molar-refractivity contribution in [3.05, 3.63) is 59.7 Å². The maximum atomic E-state index is 4.71. The van der Waals surface area contributed by atoms with Gasteiger partial charge in [0.2, 0.25) is 0 Å². The molecule has 0 spiro atoms. The lowest BCUT2D eigenvalue weighted by Crippen LogP contribution is -2.29. The second-order valence-electron chi connectivity index (χ2n) is 7.23. The lowest BCUT2D eigenvalue weighted by molar-refractivity contribution is 0.453. The fraction of sp³-hybridized carbons (Fsp3) is 0.381. The number of aryl methyl sites for hydroxylation is 1. The van der Waals surface area contributed by atoms with Gasteiger partial charge in [-0.15, -0.1) is 0 Å². The zero-order valence-electron chi connectivity index (χ0n) is 15.9. The number of rotatable bonds is 5. The zero-order chi connectivity index (χ0) is 18.6. The third kappa shape index (κ3) is 4.01. The number of benzene rings is 1. The first-order chi connectivity index (χ1) is 13.2. The van der Waals surface area contributed by atoms with Gasteiger partial charge in [-0.3, -0.25) is 5.10 Å². The maximum Gasteiger partial charge on any atom is 0.132 e. The molecule has 2 N–H and O–H groups in total. The molecule has 6 nitrogen and oxygen atoms in total. The predicted octanol–water partition coefficient (Wildman–Crippen LogP) is 3.28. The Kier molecular flexibility index (Phi) is 5.16. The molecule has 0 unspecified atom stereocenters. The van der Waals surface area contributed by atoms with Gasteiger partial charge in [-0.25, -0.2) is 9.97 Å². The Balaban J connectivity index is 1.56. The largest absolute Gasteiger partial charge is 0.355 e. The summed E-state index contributed by atoms with van der Waals surface area (Å²) in [6.07, 6.45) is 4.29. The van der Waals surface area contributed by atoms with E-state index in [1.54, 1.807) is 0 Å². The van der Waals surface area contributed by atoms with Gasteiger partial charge < -0.3 is 10.2 Å². The second-order valence-corrected chi connectivity index (χ2v) is 7.23. The summed E-state index contributed by atoms with van der Waals surface area (Å²) in [5.41, 5.74) is 4.50. The summed E-state index contributed by atoms with van der Waals surface area (Å²) in [6, 6.07) is 12.5. The van der Waals surface area contributed by atoms with E-state index in [0.717, 1.165) is 53.8 Å². The summed E-state index contributed by atoms with van der Waals surface area (Å²) < 4.78 is 0. The lowest BCUT2D eigenvalue weighted by atomic mass is 9.96. The molecule has 1 atom stereocenters. The summed E-state index contributed by atoms with van der Waals surface area (Å²) >= 11 is 0. The van der Waals surface area contributed by atoms with Gasteiger partial charge in [0.25, 0.3) is 0 Å². The van der Waals surface area contributed by atoms with E-state index in [4.69, 9.17) is 4.98 Å². The molecule has 1 aromatic carbocycles. The van der Waals surface area contributed by atoms with Gasteiger partial charge in [-0.05, 0) is 31.9 Å². The van der Waals surface area contributed by atoms with Gasteiger partial charge >= 0.3 is 0 Å². The van der Waals surface area contributed by atoms with Gasteiger partial charge in [-0.2, -0.15) is 5.10 Å². The van der Waals surface area contributed by atoms with Crippen LogP contribution in [-0.2, 0) is 6.54 Å². The number of piperidine rings is 1. The molecule has 0 bridgehead atoms. The normalized spacial score (nSPS) is 17.0. The Morgan fingerprint density at radius 2 is 2.04 bits per heavy atom. The Labute approximate surface area is 160 Å². The Hall–Kier alpha value is -2.73. The number of hydrogen-bond donors (Lipinski definition) is 2. The second kappa shape index (κ2) is 7.88. The molecule has 140 valence electrons. The average Bonchev–Trinajstić information content (AvgIpc) is 3.17. The molecule has 0 saturated carbocycles. The van der Waals surface area contributed by atoms with Crippen molar-refractivity contribution in [2.45, 2.75) is 32.2 Å². The lowest BCUT2D eigenvalue weighted by Gasteiger charge is -2.24. The Morgan fingerprint density at radius 1 is 1.19 bits per heavy atom. The van der Waals surface area contributed by atoms with Crippen molar-refractivity contribution in [2.75, 3.05) is 25.0 Å². The van der Waals surface area contributed by atoms with E-state index in [2.05, 4.69) is 50.6 Å². The molecule has 0 radical (unpaired) electrons. The summed E-state index contributed by atoms with van der Waals surface area (Å²) in [5, 5.41) is 10.9. The fourth-order valence-corrected chi connectivity index (χ4v) is 3.71. The molecule has 1 fully saturated rings. The summed E-state index contributed by atoms with van der Waals surface area (Å²) in [6.45, 7) is 4.82. The van der Waals surface area contributed by atoms with Crippen molar-refractivity contribution in [2.24, 2.45) is 0 Å². The smallest absolute Gasteiger partial charge is 0.132 e. The van der Waals surface area contributed by atoms with Crippen LogP contribution in [0.25, 0.3) is 11.3 Å². The Bertz CT molecular complexity index is 883. The number of nitrogens with zero attached hydrogens (tertiary/aromatic N) is 4. The van der Waals surface area contributed by atoms with Gasteiger partial charge in [0, 0.05) is 37.7 Å². The van der Waals surface area contributed by atoms with Gasteiger partial charge in [0.05, 0.1) is 17.6 Å². The van der Waals surface area contributed by atoms with Crippen LogP contribution in [0.15, 0.2) is 42.6 Å². The van der Waals surface area contributed by atoms with Crippen LogP contribution in [0.5, 0.6) is 0 Å². The minimum absolute atomic E-state index is 0.474. The van der Waals surface area contributed by atoms with Crippen LogP contribution in [-0.4, -0.2) is 40.3 Å². The predicted molar refractivity (Wildman–Crippen MR) is 108 cm³/mol. The highest BCUT2D eigenvalue weighted by Gasteiger charge is 2.19. The summed E-state index contributed by atoms with van der Waals surface area (Å²) in [4.78, 5) is 11.6. The highest BCUT2D eigenvalue weighted by atomic mass is 15.2. The SMILES string of the molecule is Cc1nc([C@H]2CCCNC2)cc(N(C)Cc2cn[nH]c2-c2ccccc2)n1. The molecule has 4 rings (SSSR count). The molecule has 1 saturated heterocycles. The van der Waals surface area contributed by atoms with Crippen molar-refractivity contribution in [1.29, 1.82) is 0 Å². The summed E-state index contributed by atoms with van der Waals surface area (Å²) in [7, 11) is 2.08. The van der Waals surface area contributed by atoms with Gasteiger partial charge in [0.1, 0.15) is 11.6 Å². The number of nitrogens with one attached hydrogen (secondary N) is 2. The van der Waals surface area contributed by atoms with E-state index in [1.807, 2.05) is 31.3 Å². The zero-order valence-corrected chi connectivity index (χ0v) is 15.9. The van der Waals surface area contributed by atoms with E-state index in [-0.39, 0.29) is 0 Å². The van der Waals surface area contributed by atoms with Crippen molar-refractivity contribution < 1.29 is 0 Å². The molecule has 1 aliphatic heterocycles. The first kappa shape index (κ1) is 17.7. The molecular weight excluding hydrogens is 336 g/mol. The van der Waals surface area contributed by atoms with E-state index in [9.17, 15) is 0 Å². The molecule has 2 aromatic heterocycles. The highest BCUT2D eigenvalue weighted by molar-refractivity contribution is 5.63. The standard InChI is InChI=1S/C21H26N6/c1-15-24-19(17-9-6-10-22-12-17)11-20(25-15)27(2)14-18-13-23-26-21(18)16-7-4-3-5-8-16/h3-5,7-8,11,13,17,22H,6,9-10,12,14H2,1-2H3,(H,23,26)/t17-/m0/s1. The maximum absolute atomic E-state index is 4.71. The van der Waals surface area contributed by atoms with Crippen LogP contribution < -0.4 is 10.2 Å². The van der Waals surface area contributed by atoms with Crippen LogP contribution in [0.2, 0.25) is 0 Å². The van der Waals surface area contributed by atoms with Crippen LogP contribution in [0.1, 0.15) is 35.8 Å². The summed E-state index contributed by atoms with van der Waals surface area (Å²) in [5.74, 6) is 2.26. The Morgan fingerprint density at radius 3 is 2.81 bits per heavy atom. The number of aromatic amines is 1. The van der Waals surface area contributed by atoms with Crippen molar-refractivity contribution >= 4 is 5.82 Å². The van der Waals surface area contributed by atoms with Crippen molar-refractivity contribution in [3.8, 4) is 11.3 Å². The molecule has 0 aliphatic carbocycles. The fourth-order valence-electron chi connectivity index (χ4n) is 3.71. The van der Waals surface area contributed by atoms with Crippen LogP contribution in [0.3, 0.4) is 0 Å². The minimum Gasteiger partial charge on any atom is -0.355 e. The monoisotopic (exact) mass is 362 g/mol. The third-order valence-corrected chi connectivity index (χ3v) is 5.14. The van der Waals surface area contributed by atoms with Crippen LogP contribution in [0, 0.1) is 6.92 Å².